The van der Waals surface area contributed by atoms with Gasteiger partial charge in [0.1, 0.15) is 11.2 Å². The van der Waals surface area contributed by atoms with Gasteiger partial charge < -0.3 is 10.2 Å². The van der Waals surface area contributed by atoms with Crippen molar-refractivity contribution >= 4 is 17.3 Å². The van der Waals surface area contributed by atoms with Crippen LogP contribution < -0.4 is 10.2 Å². The molecular formula is C31H27FN4O. The lowest BCUT2D eigenvalue weighted by Gasteiger charge is -2.37. The predicted molar refractivity (Wildman–Crippen MR) is 146 cm³/mol. The summed E-state index contributed by atoms with van der Waals surface area (Å²) in [5, 5.41) is 2.84. The summed E-state index contributed by atoms with van der Waals surface area (Å²) in [4.78, 5) is 19.2. The molecule has 0 unspecified atom stereocenters. The van der Waals surface area contributed by atoms with Crippen molar-refractivity contribution in [3.63, 3.8) is 0 Å². The smallest absolute Gasteiger partial charge is 0.291 e. The Morgan fingerprint density at radius 1 is 0.757 bits per heavy atom. The first-order chi connectivity index (χ1) is 18.0. The van der Waals surface area contributed by atoms with Crippen molar-refractivity contribution < 1.29 is 9.18 Å². The molecule has 5 nitrogen and oxygen atoms in total. The second-order valence-electron chi connectivity index (χ2n) is 8.97. The molecule has 0 spiro atoms. The molecule has 0 atom stereocenters. The molecule has 0 fully saturated rings. The fourth-order valence-corrected chi connectivity index (χ4v) is 4.70. The second kappa shape index (κ2) is 10.1. The van der Waals surface area contributed by atoms with Gasteiger partial charge in [-0.05, 0) is 41.0 Å². The quantitative estimate of drug-likeness (QED) is 0.277. The zero-order valence-electron chi connectivity index (χ0n) is 20.7. The van der Waals surface area contributed by atoms with Crippen LogP contribution in [0.3, 0.4) is 0 Å². The normalized spacial score (nSPS) is 11.2. The Kier molecular flexibility index (Phi) is 6.56. The SMILES string of the molecule is CN(C)c1ccc(NC(=O)c2cn(C(c3ccccc3)(c3ccccc3)c3ccccc3)c(F)n2)cc1. The fourth-order valence-electron chi connectivity index (χ4n) is 4.70. The highest BCUT2D eigenvalue weighted by Crippen LogP contribution is 2.41. The van der Waals surface area contributed by atoms with Crippen LogP contribution in [0.2, 0.25) is 0 Å². The van der Waals surface area contributed by atoms with Gasteiger partial charge in [-0.15, -0.1) is 0 Å². The Morgan fingerprint density at radius 3 is 1.65 bits per heavy atom. The molecule has 1 heterocycles. The minimum atomic E-state index is -1.09. The van der Waals surface area contributed by atoms with Gasteiger partial charge in [-0.25, -0.2) is 0 Å². The van der Waals surface area contributed by atoms with Crippen LogP contribution in [0.1, 0.15) is 27.2 Å². The van der Waals surface area contributed by atoms with E-state index < -0.39 is 17.5 Å². The highest BCUT2D eigenvalue weighted by atomic mass is 19.1. The van der Waals surface area contributed by atoms with Gasteiger partial charge in [0.2, 0.25) is 0 Å². The van der Waals surface area contributed by atoms with E-state index in [2.05, 4.69) is 10.3 Å². The molecule has 0 radical (unpaired) electrons. The molecule has 184 valence electrons. The zero-order valence-corrected chi connectivity index (χ0v) is 20.7. The number of nitrogens with one attached hydrogen (secondary N) is 1. The molecule has 0 saturated heterocycles. The van der Waals surface area contributed by atoms with E-state index in [1.807, 2.05) is 134 Å². The van der Waals surface area contributed by atoms with Crippen LogP contribution >= 0.6 is 0 Å². The van der Waals surface area contributed by atoms with Crippen molar-refractivity contribution in [1.82, 2.24) is 9.55 Å². The lowest BCUT2D eigenvalue weighted by molar-refractivity contribution is 0.102. The lowest BCUT2D eigenvalue weighted by atomic mass is 9.76. The molecule has 0 aliphatic carbocycles. The monoisotopic (exact) mass is 490 g/mol. The maximum atomic E-state index is 15.9. The van der Waals surface area contributed by atoms with Crippen LogP contribution in [0.25, 0.3) is 0 Å². The fraction of sp³-hybridized carbons (Fsp3) is 0.0968. The van der Waals surface area contributed by atoms with E-state index >= 15 is 4.39 Å². The number of anilines is 2. The molecule has 0 aliphatic heterocycles. The summed E-state index contributed by atoms with van der Waals surface area (Å²) < 4.78 is 17.3. The van der Waals surface area contributed by atoms with Crippen LogP contribution in [0.4, 0.5) is 15.8 Å². The summed E-state index contributed by atoms with van der Waals surface area (Å²) in [5.41, 5.74) is 3.03. The Balaban J connectivity index is 1.64. The number of carbonyl (C=O) groups excluding carboxylic acids is 1. The second-order valence-corrected chi connectivity index (χ2v) is 8.97. The average Bonchev–Trinajstić information content (AvgIpc) is 3.33. The minimum Gasteiger partial charge on any atom is -0.378 e. The number of aromatic nitrogens is 2. The maximum Gasteiger partial charge on any atom is 0.291 e. The predicted octanol–water partition coefficient (Wildman–Crippen LogP) is 6.18. The van der Waals surface area contributed by atoms with E-state index in [0.717, 1.165) is 22.4 Å². The van der Waals surface area contributed by atoms with E-state index in [1.165, 1.54) is 10.8 Å². The van der Waals surface area contributed by atoms with Gasteiger partial charge in [-0.3, -0.25) is 9.36 Å². The molecule has 0 aliphatic rings. The van der Waals surface area contributed by atoms with Crippen molar-refractivity contribution in [3.05, 3.63) is 150 Å². The maximum absolute atomic E-state index is 15.9. The summed E-state index contributed by atoms with van der Waals surface area (Å²) in [6.45, 7) is 0. The van der Waals surface area contributed by atoms with E-state index in [4.69, 9.17) is 0 Å². The van der Waals surface area contributed by atoms with Gasteiger partial charge in [0.25, 0.3) is 12.0 Å². The molecular weight excluding hydrogens is 463 g/mol. The number of amides is 1. The third kappa shape index (κ3) is 4.49. The first-order valence-electron chi connectivity index (χ1n) is 12.0. The Labute approximate surface area is 215 Å². The Hall–Kier alpha value is -4.71. The number of hydrogen-bond acceptors (Lipinski definition) is 3. The number of carbonyl (C=O) groups is 1. The largest absolute Gasteiger partial charge is 0.378 e. The van der Waals surface area contributed by atoms with Gasteiger partial charge in [-0.2, -0.15) is 9.37 Å². The van der Waals surface area contributed by atoms with Crippen LogP contribution in [0, 0.1) is 6.08 Å². The van der Waals surface area contributed by atoms with E-state index in [9.17, 15) is 4.79 Å². The number of benzene rings is 4. The van der Waals surface area contributed by atoms with E-state index in [-0.39, 0.29) is 5.69 Å². The molecule has 6 heteroatoms. The van der Waals surface area contributed by atoms with Crippen molar-refractivity contribution in [3.8, 4) is 0 Å². The summed E-state index contributed by atoms with van der Waals surface area (Å²) in [7, 11) is 3.89. The van der Waals surface area contributed by atoms with Crippen LogP contribution in [-0.4, -0.2) is 29.6 Å². The summed E-state index contributed by atoms with van der Waals surface area (Å²) >= 11 is 0. The minimum absolute atomic E-state index is 0.0126. The van der Waals surface area contributed by atoms with Gasteiger partial charge in [0.05, 0.1) is 0 Å². The van der Waals surface area contributed by atoms with E-state index in [1.54, 1.807) is 0 Å². The topological polar surface area (TPSA) is 50.2 Å². The van der Waals surface area contributed by atoms with E-state index in [0.29, 0.717) is 5.69 Å². The number of imidazole rings is 1. The van der Waals surface area contributed by atoms with Crippen LogP contribution in [0.15, 0.2) is 121 Å². The van der Waals surface area contributed by atoms with Gasteiger partial charge in [0.15, 0.2) is 0 Å². The molecule has 5 rings (SSSR count). The van der Waals surface area contributed by atoms with Crippen molar-refractivity contribution in [2.24, 2.45) is 0 Å². The molecule has 1 amide bonds. The zero-order chi connectivity index (χ0) is 25.8. The average molecular weight is 491 g/mol. The first kappa shape index (κ1) is 24.0. The van der Waals surface area contributed by atoms with Gasteiger partial charge in [0, 0.05) is 31.7 Å². The Morgan fingerprint density at radius 2 is 1.22 bits per heavy atom. The molecule has 1 aromatic heterocycles. The van der Waals surface area contributed by atoms with Gasteiger partial charge >= 0.3 is 0 Å². The van der Waals surface area contributed by atoms with Crippen LogP contribution in [0.5, 0.6) is 0 Å². The summed E-state index contributed by atoms with van der Waals surface area (Å²) in [5.74, 6) is -0.488. The summed E-state index contributed by atoms with van der Waals surface area (Å²) in [6.07, 6.45) is 0.732. The third-order valence-corrected chi connectivity index (χ3v) is 6.47. The molecule has 0 bridgehead atoms. The molecule has 1 N–H and O–H groups in total. The lowest BCUT2D eigenvalue weighted by Crippen LogP contribution is -2.38. The molecule has 0 saturated carbocycles. The van der Waals surface area contributed by atoms with Crippen molar-refractivity contribution in [2.45, 2.75) is 5.54 Å². The standard InChI is InChI=1S/C31H27FN4O/c1-35(2)27-20-18-26(19-21-27)33-29(37)28-22-36(30(32)34-28)31(23-12-6-3-7-13-23,24-14-8-4-9-15-24)25-16-10-5-11-17-25/h3-22H,1-2H3,(H,33,37). The van der Waals surface area contributed by atoms with Crippen molar-refractivity contribution in [1.29, 1.82) is 0 Å². The third-order valence-electron chi connectivity index (χ3n) is 6.47. The molecule has 37 heavy (non-hydrogen) atoms. The summed E-state index contributed by atoms with van der Waals surface area (Å²) in [6, 6.07) is 36.5. The Bertz CT molecular complexity index is 1380. The molecule has 5 aromatic rings. The number of rotatable bonds is 7. The van der Waals surface area contributed by atoms with Crippen molar-refractivity contribution in [2.75, 3.05) is 24.3 Å². The van der Waals surface area contributed by atoms with Gasteiger partial charge in [-0.1, -0.05) is 91.0 Å². The number of halogens is 1. The highest BCUT2D eigenvalue weighted by Gasteiger charge is 2.40. The van der Waals surface area contributed by atoms with Crippen LogP contribution in [-0.2, 0) is 5.54 Å². The first-order valence-corrected chi connectivity index (χ1v) is 12.0. The highest BCUT2D eigenvalue weighted by molar-refractivity contribution is 6.02. The number of nitrogens with zero attached hydrogens (tertiary/aromatic N) is 3. The number of hydrogen-bond donors (Lipinski definition) is 1. The molecule has 4 aromatic carbocycles.